The van der Waals surface area contributed by atoms with Crippen molar-refractivity contribution in [3.8, 4) is 0 Å². The van der Waals surface area contributed by atoms with Gasteiger partial charge in [0.1, 0.15) is 12.1 Å². The predicted octanol–water partition coefficient (Wildman–Crippen LogP) is 15.3. The van der Waals surface area contributed by atoms with E-state index in [2.05, 4.69) is 31.2 Å². The standard InChI is InChI=1S/C30H57NO5S2.C25H46O3S.C5H11NO2S.BH2N/c1-4-6-7-8-9-10-11-12-13-14-15-16-17-18-19-20-22-36-28(32)21-23-37-29(33)24-26(3)38-25-27(31)30(34)35-5-2;1-3-5-6-7-8-9-10-11-12-13-14-15-16-17-18-19-22-28-24(26)21-23-29-25(27)20-4-2;1-2-8-5(7)4(6)3-9;1-2/h26-27H,4-25,31H2,1-3H3;4,20H,3,5-19,21-23H2,1-2H3;4,9H,2-3,6H2,1H3;1-2H/b;20-4+;;/i;;;1D. The minimum absolute atomic E-state index is 0.00175. The Balaban J connectivity index is -0.000000601. The molecule has 0 heterocycles. The van der Waals surface area contributed by atoms with Gasteiger partial charge in [-0.1, -0.05) is 243 Å². The molecule has 0 bridgehead atoms. The quantitative estimate of drug-likeness (QED) is 0.0111. The second-order valence-corrected chi connectivity index (χ2v) is 23.8. The van der Waals surface area contributed by atoms with E-state index in [1.165, 1.54) is 221 Å². The Morgan fingerprint density at radius 2 is 0.859 bits per heavy atom. The van der Waals surface area contributed by atoms with E-state index in [-0.39, 0.29) is 39.8 Å². The van der Waals surface area contributed by atoms with Gasteiger partial charge in [0, 0.05) is 34.7 Å². The van der Waals surface area contributed by atoms with Crippen LogP contribution in [0.4, 0.5) is 0 Å². The van der Waals surface area contributed by atoms with Crippen molar-refractivity contribution in [1.29, 1.82) is 6.65 Å². The number of unbranched alkanes of at least 4 members (excludes halogenated alkanes) is 30. The van der Waals surface area contributed by atoms with Crippen LogP contribution in [0, 0.1) is 5.31 Å². The van der Waals surface area contributed by atoms with E-state index in [9.17, 15) is 28.8 Å². The van der Waals surface area contributed by atoms with Crippen molar-refractivity contribution in [3.05, 3.63) is 12.2 Å². The molecule has 0 aliphatic carbocycles. The van der Waals surface area contributed by atoms with Gasteiger partial charge in [-0.25, -0.2) is 0 Å². The van der Waals surface area contributed by atoms with Crippen molar-refractivity contribution >= 4 is 89.6 Å². The SMILES string of the molecule is C/C=C/C(=O)SCCC(=O)OCCCCCCCCCCCCCCCCCC.CCCCCCCCCCCCCCCCCCOC(=O)CCSC(=O)CC(C)SCC(N)C(=O)OCC.CCOC(=O)C(N)CS.[2H]B=N. The first-order valence-corrected chi connectivity index (χ1v) is 34.1. The third-order valence-corrected chi connectivity index (χ3v) is 15.7. The van der Waals surface area contributed by atoms with Crippen molar-refractivity contribution in [2.45, 2.75) is 284 Å². The third-order valence-electron chi connectivity index (χ3n) is 12.3. The van der Waals surface area contributed by atoms with Gasteiger partial charge in [0.25, 0.3) is 0 Å². The molecule has 3 atom stereocenters. The molecule has 0 aliphatic rings. The molecule has 0 spiro atoms. The van der Waals surface area contributed by atoms with Crippen LogP contribution in [0.25, 0.3) is 0 Å². The summed E-state index contributed by atoms with van der Waals surface area (Å²) < 4.78 is 25.7. The van der Waals surface area contributed by atoms with E-state index >= 15 is 0 Å². The first-order valence-electron chi connectivity index (χ1n) is 31.0. The molecule has 3 unspecified atom stereocenters. The molecule has 0 fully saturated rings. The number of carbonyl (C=O) groups excluding carboxylic acids is 6. The molecular formula is C60H116BN3O10S4. The van der Waals surface area contributed by atoms with Gasteiger partial charge in [-0.15, -0.1) is 0 Å². The number of hydrogen-bond donors (Lipinski definition) is 4. The number of esters is 4. The van der Waals surface area contributed by atoms with Gasteiger partial charge in [0.15, 0.2) is 5.12 Å². The molecule has 0 radical (unpaired) electrons. The summed E-state index contributed by atoms with van der Waals surface area (Å²) in [6.45, 7) is 13.5. The first-order chi connectivity index (χ1) is 38.2. The molecule has 18 heteroatoms. The maximum atomic E-state index is 12.1. The van der Waals surface area contributed by atoms with E-state index in [1.54, 1.807) is 19.9 Å². The Hall–Kier alpha value is -1.86. The van der Waals surface area contributed by atoms with Crippen molar-refractivity contribution in [2.24, 2.45) is 11.5 Å². The number of nitrogens with one attached hydrogen (secondary N) is 1. The fourth-order valence-corrected chi connectivity index (χ4v) is 10.5. The Morgan fingerprint density at radius 3 is 1.18 bits per heavy atom. The molecule has 0 aromatic carbocycles. The summed E-state index contributed by atoms with van der Waals surface area (Å²) in [4.78, 5) is 69.0. The van der Waals surface area contributed by atoms with Crippen molar-refractivity contribution in [3.63, 3.8) is 0 Å². The monoisotopic (exact) mass is 1180 g/mol. The third kappa shape index (κ3) is 68.4. The maximum absolute atomic E-state index is 12.1. The summed E-state index contributed by atoms with van der Waals surface area (Å²) in [5.41, 5.74) is 11.0. The van der Waals surface area contributed by atoms with E-state index in [1.807, 2.05) is 13.8 Å². The summed E-state index contributed by atoms with van der Waals surface area (Å²) in [6.07, 6.45) is 46.8. The average molecular weight is 1180 g/mol. The van der Waals surface area contributed by atoms with Gasteiger partial charge in [0.05, 0.1) is 39.3 Å². The fourth-order valence-electron chi connectivity index (χ4n) is 7.75. The van der Waals surface area contributed by atoms with E-state index in [0.717, 1.165) is 25.7 Å². The zero-order valence-electron chi connectivity index (χ0n) is 51.3. The molecule has 0 rings (SSSR count). The Labute approximate surface area is 497 Å². The molecule has 458 valence electrons. The Kier molecular flexibility index (Phi) is 71.5. The van der Waals surface area contributed by atoms with Crippen LogP contribution >= 0.6 is 47.9 Å². The number of ether oxygens (including phenoxy) is 4. The van der Waals surface area contributed by atoms with Crippen LogP contribution in [0.5, 0.6) is 0 Å². The molecule has 78 heavy (non-hydrogen) atoms. The summed E-state index contributed by atoms with van der Waals surface area (Å²) in [7, 11) is 0.500. The predicted molar refractivity (Wildman–Crippen MR) is 339 cm³/mol. The molecule has 0 amide bonds. The van der Waals surface area contributed by atoms with Crippen LogP contribution in [0.2, 0.25) is 0 Å². The average Bonchev–Trinajstić information content (AvgIpc) is 3.42. The van der Waals surface area contributed by atoms with Gasteiger partial charge in [-0.2, -0.15) is 24.4 Å². The number of thioether (sulfide) groups is 3. The molecular weight excluding hydrogens is 1060 g/mol. The number of nitrogens with two attached hydrogens (primary N) is 2. The molecule has 0 aliphatic heterocycles. The molecule has 5 N–H and O–H groups in total. The summed E-state index contributed by atoms with van der Waals surface area (Å²) in [5, 5.41) is 5.84. The van der Waals surface area contributed by atoms with Crippen molar-refractivity contribution < 1.29 is 47.7 Å². The molecule has 0 aromatic heterocycles. The van der Waals surface area contributed by atoms with Crippen molar-refractivity contribution in [2.75, 3.05) is 49.4 Å². The molecule has 0 aromatic rings. The van der Waals surface area contributed by atoms with Crippen LogP contribution in [-0.4, -0.2) is 110 Å². The Bertz CT molecular complexity index is 1450. The number of rotatable bonds is 51. The molecule has 13 nitrogen and oxygen atoms in total. The van der Waals surface area contributed by atoms with Gasteiger partial charge in [-0.3, -0.25) is 28.8 Å². The zero-order valence-corrected chi connectivity index (χ0v) is 53.6. The summed E-state index contributed by atoms with van der Waals surface area (Å²) in [6, 6.07) is -1.25. The van der Waals surface area contributed by atoms with Crippen LogP contribution in [0.1, 0.15) is 266 Å². The van der Waals surface area contributed by atoms with E-state index in [0.29, 0.717) is 69.9 Å². The fraction of sp³-hybridized carbons (Fsp3) is 0.867. The summed E-state index contributed by atoms with van der Waals surface area (Å²) >= 11 is 7.64. The summed E-state index contributed by atoms with van der Waals surface area (Å²) in [5.74, 6) is 0.485. The van der Waals surface area contributed by atoms with E-state index < -0.39 is 18.1 Å². The second kappa shape index (κ2) is 69.4. The van der Waals surface area contributed by atoms with Crippen LogP contribution in [0.3, 0.4) is 0 Å². The molecule has 0 saturated heterocycles. The first kappa shape index (κ1) is 80.4. The van der Waals surface area contributed by atoms with Crippen LogP contribution in [0.15, 0.2) is 12.2 Å². The van der Waals surface area contributed by atoms with Gasteiger partial charge in [-0.05, 0) is 39.7 Å². The Morgan fingerprint density at radius 1 is 0.538 bits per heavy atom. The van der Waals surface area contributed by atoms with Gasteiger partial charge >= 0.3 is 38.1 Å². The minimum atomic E-state index is -0.672. The topological polar surface area (TPSA) is 215 Å². The normalized spacial score (nSPS) is 12.0. The van der Waals surface area contributed by atoms with Gasteiger partial charge in [0.2, 0.25) is 5.12 Å². The number of allylic oxidation sites excluding steroid dienone is 1. The number of hydrogen-bond acceptors (Lipinski definition) is 17. The van der Waals surface area contributed by atoms with Crippen LogP contribution in [-0.2, 0) is 47.7 Å². The zero-order chi connectivity index (χ0) is 59.7. The second-order valence-electron chi connectivity index (χ2n) is 19.7. The van der Waals surface area contributed by atoms with E-state index in [4.69, 9.17) is 32.3 Å². The van der Waals surface area contributed by atoms with Crippen LogP contribution < -0.4 is 11.5 Å². The number of thiol groups is 1. The van der Waals surface area contributed by atoms with Crippen molar-refractivity contribution in [1.82, 2.24) is 0 Å². The molecule has 0 saturated carbocycles. The van der Waals surface area contributed by atoms with Gasteiger partial charge < -0.3 is 30.4 Å². The number of carbonyl (C=O) groups is 6.